The van der Waals surface area contributed by atoms with E-state index in [1.807, 2.05) is 42.5 Å². The second kappa shape index (κ2) is 6.25. The van der Waals surface area contributed by atoms with Crippen molar-refractivity contribution in [3.05, 3.63) is 84.3 Å². The number of fused-ring (bicyclic) bond motifs is 2. The number of para-hydroxylation sites is 1. The van der Waals surface area contributed by atoms with Crippen molar-refractivity contribution < 1.29 is 4.39 Å². The molecule has 6 heteroatoms. The number of nitrogens with zero attached hydrogens (tertiary/aromatic N) is 5. The first-order chi connectivity index (χ1) is 13.3. The molecule has 0 amide bonds. The molecule has 3 heterocycles. The molecular weight excluding hydrogens is 341 g/mol. The van der Waals surface area contributed by atoms with E-state index in [1.54, 1.807) is 23.0 Å². The van der Waals surface area contributed by atoms with Gasteiger partial charge in [-0.15, -0.1) is 5.10 Å². The highest BCUT2D eigenvalue weighted by Gasteiger charge is 2.11. The Balaban J connectivity index is 1.59. The van der Waals surface area contributed by atoms with Gasteiger partial charge in [0.05, 0.1) is 17.8 Å². The van der Waals surface area contributed by atoms with Crippen LogP contribution in [-0.2, 0) is 6.54 Å². The quantitative estimate of drug-likeness (QED) is 0.486. The van der Waals surface area contributed by atoms with Crippen LogP contribution >= 0.6 is 0 Å². The molecule has 0 aliphatic rings. The molecule has 5 nitrogen and oxygen atoms in total. The first-order valence-electron chi connectivity index (χ1n) is 8.57. The normalized spacial score (nSPS) is 11.3. The molecule has 0 aliphatic heterocycles. The lowest BCUT2D eigenvalue weighted by molar-refractivity contribution is 0.628. The lowest BCUT2D eigenvalue weighted by Crippen LogP contribution is -2.04. The predicted molar refractivity (Wildman–Crippen MR) is 102 cm³/mol. The minimum Gasteiger partial charge on any atom is -0.256 e. The largest absolute Gasteiger partial charge is 0.256 e. The minimum absolute atomic E-state index is 0.269. The van der Waals surface area contributed by atoms with E-state index < -0.39 is 0 Å². The predicted octanol–water partition coefficient (Wildman–Crippen LogP) is 4.23. The van der Waals surface area contributed by atoms with Gasteiger partial charge in [0.1, 0.15) is 11.3 Å². The van der Waals surface area contributed by atoms with E-state index in [9.17, 15) is 4.39 Å². The maximum atomic E-state index is 13.2. The van der Waals surface area contributed by atoms with Gasteiger partial charge < -0.3 is 0 Å². The molecule has 0 saturated carbocycles. The van der Waals surface area contributed by atoms with Crippen molar-refractivity contribution in [1.29, 1.82) is 0 Å². The lowest BCUT2D eigenvalue weighted by Gasteiger charge is -2.07. The number of hydrogen-bond donors (Lipinski definition) is 0. The van der Waals surface area contributed by atoms with Crippen molar-refractivity contribution >= 4 is 22.1 Å². The standard InChI is InChI=1S/C21H14FN5/c22-17-8-6-14(7-9-17)18-10-11-19-21(24-18)27(26-25-19)13-16-4-1-3-15-5-2-12-23-20(15)16/h1-12H,13H2. The van der Waals surface area contributed by atoms with Crippen LogP contribution in [0.5, 0.6) is 0 Å². The zero-order chi connectivity index (χ0) is 18.2. The van der Waals surface area contributed by atoms with E-state index in [-0.39, 0.29) is 5.82 Å². The zero-order valence-corrected chi connectivity index (χ0v) is 14.2. The van der Waals surface area contributed by atoms with Crippen molar-refractivity contribution in [2.24, 2.45) is 0 Å². The van der Waals surface area contributed by atoms with E-state index in [0.29, 0.717) is 17.7 Å². The van der Waals surface area contributed by atoms with Crippen molar-refractivity contribution in [3.8, 4) is 11.3 Å². The lowest BCUT2D eigenvalue weighted by atomic mass is 10.1. The van der Waals surface area contributed by atoms with E-state index >= 15 is 0 Å². The van der Waals surface area contributed by atoms with Crippen LogP contribution in [0.2, 0.25) is 0 Å². The van der Waals surface area contributed by atoms with E-state index in [4.69, 9.17) is 4.98 Å². The van der Waals surface area contributed by atoms with Crippen LogP contribution in [0.15, 0.2) is 72.9 Å². The van der Waals surface area contributed by atoms with Crippen LogP contribution in [0.3, 0.4) is 0 Å². The number of aromatic nitrogens is 5. The summed E-state index contributed by atoms with van der Waals surface area (Å²) < 4.78 is 15.0. The zero-order valence-electron chi connectivity index (χ0n) is 14.2. The second-order valence-corrected chi connectivity index (χ2v) is 6.29. The molecule has 2 aromatic carbocycles. The first kappa shape index (κ1) is 15.6. The smallest absolute Gasteiger partial charge is 0.179 e. The number of rotatable bonds is 3. The van der Waals surface area contributed by atoms with Crippen LogP contribution < -0.4 is 0 Å². The minimum atomic E-state index is -0.269. The Morgan fingerprint density at radius 1 is 0.889 bits per heavy atom. The number of hydrogen-bond acceptors (Lipinski definition) is 4. The monoisotopic (exact) mass is 355 g/mol. The number of halogens is 1. The third-order valence-corrected chi connectivity index (χ3v) is 4.54. The highest BCUT2D eigenvalue weighted by molar-refractivity contribution is 5.82. The molecule has 0 unspecified atom stereocenters. The van der Waals surface area contributed by atoms with Crippen LogP contribution in [-0.4, -0.2) is 25.0 Å². The maximum Gasteiger partial charge on any atom is 0.179 e. The number of benzene rings is 2. The average molecular weight is 355 g/mol. The van der Waals surface area contributed by atoms with Gasteiger partial charge in [0, 0.05) is 17.1 Å². The van der Waals surface area contributed by atoms with Gasteiger partial charge in [-0.1, -0.05) is 29.5 Å². The Morgan fingerprint density at radius 3 is 2.63 bits per heavy atom. The molecule has 0 spiro atoms. The Labute approximate surface area is 154 Å². The Kier molecular flexibility index (Phi) is 3.60. The molecule has 130 valence electrons. The molecule has 0 N–H and O–H groups in total. The van der Waals surface area contributed by atoms with Gasteiger partial charge in [0.25, 0.3) is 0 Å². The van der Waals surface area contributed by atoms with Crippen molar-refractivity contribution in [2.75, 3.05) is 0 Å². The highest BCUT2D eigenvalue weighted by atomic mass is 19.1. The molecule has 3 aromatic heterocycles. The third kappa shape index (κ3) is 2.81. The SMILES string of the molecule is Fc1ccc(-c2ccc3nnn(Cc4cccc5cccnc45)c3n2)cc1. The Bertz CT molecular complexity index is 1260. The molecule has 5 rings (SSSR count). The fourth-order valence-electron chi connectivity index (χ4n) is 3.20. The molecule has 0 bridgehead atoms. The summed E-state index contributed by atoms with van der Waals surface area (Å²) in [5.41, 5.74) is 4.99. The van der Waals surface area contributed by atoms with Crippen molar-refractivity contribution in [2.45, 2.75) is 6.54 Å². The highest BCUT2D eigenvalue weighted by Crippen LogP contribution is 2.22. The second-order valence-electron chi connectivity index (χ2n) is 6.29. The molecule has 0 radical (unpaired) electrons. The summed E-state index contributed by atoms with van der Waals surface area (Å²) in [6, 6.07) is 20.1. The summed E-state index contributed by atoms with van der Waals surface area (Å²) in [5.74, 6) is -0.269. The molecule has 5 aromatic rings. The van der Waals surface area contributed by atoms with Crippen LogP contribution in [0, 0.1) is 5.82 Å². The van der Waals surface area contributed by atoms with Crippen LogP contribution in [0.25, 0.3) is 33.3 Å². The Hall–Kier alpha value is -3.67. The topological polar surface area (TPSA) is 56.5 Å². The molecule has 0 aliphatic carbocycles. The summed E-state index contributed by atoms with van der Waals surface area (Å²) in [7, 11) is 0. The van der Waals surface area contributed by atoms with Crippen molar-refractivity contribution in [1.82, 2.24) is 25.0 Å². The average Bonchev–Trinajstić information content (AvgIpc) is 3.11. The fraction of sp³-hybridized carbons (Fsp3) is 0.0476. The first-order valence-corrected chi connectivity index (χ1v) is 8.57. The van der Waals surface area contributed by atoms with Gasteiger partial charge in [-0.05, 0) is 48.0 Å². The summed E-state index contributed by atoms with van der Waals surface area (Å²) >= 11 is 0. The Morgan fingerprint density at radius 2 is 1.74 bits per heavy atom. The van der Waals surface area contributed by atoms with E-state index in [2.05, 4.69) is 15.3 Å². The van der Waals surface area contributed by atoms with Crippen molar-refractivity contribution in [3.63, 3.8) is 0 Å². The van der Waals surface area contributed by atoms with Crippen LogP contribution in [0.4, 0.5) is 4.39 Å². The summed E-state index contributed by atoms with van der Waals surface area (Å²) in [5, 5.41) is 9.56. The maximum absolute atomic E-state index is 13.2. The third-order valence-electron chi connectivity index (χ3n) is 4.54. The molecule has 0 fully saturated rings. The molecule has 0 atom stereocenters. The van der Waals surface area contributed by atoms with Gasteiger partial charge >= 0.3 is 0 Å². The van der Waals surface area contributed by atoms with Gasteiger partial charge in [-0.25, -0.2) is 14.1 Å². The summed E-state index contributed by atoms with van der Waals surface area (Å²) in [4.78, 5) is 9.20. The van der Waals surface area contributed by atoms with Gasteiger partial charge in [-0.2, -0.15) is 0 Å². The van der Waals surface area contributed by atoms with Gasteiger partial charge in [-0.3, -0.25) is 4.98 Å². The molecular formula is C21H14FN5. The fourth-order valence-corrected chi connectivity index (χ4v) is 3.20. The van der Waals surface area contributed by atoms with Crippen LogP contribution in [0.1, 0.15) is 5.56 Å². The summed E-state index contributed by atoms with van der Waals surface area (Å²) in [6.45, 7) is 0.519. The van der Waals surface area contributed by atoms with Gasteiger partial charge in [0.15, 0.2) is 5.65 Å². The van der Waals surface area contributed by atoms with E-state index in [0.717, 1.165) is 27.7 Å². The number of pyridine rings is 2. The molecule has 0 saturated heterocycles. The summed E-state index contributed by atoms with van der Waals surface area (Å²) in [6.07, 6.45) is 1.79. The van der Waals surface area contributed by atoms with Gasteiger partial charge in [0.2, 0.25) is 0 Å². The van der Waals surface area contributed by atoms with E-state index in [1.165, 1.54) is 12.1 Å². The molecule has 27 heavy (non-hydrogen) atoms.